The number of anilines is 1. The summed E-state index contributed by atoms with van der Waals surface area (Å²) in [4.78, 5) is 28.9. The summed E-state index contributed by atoms with van der Waals surface area (Å²) in [5.74, 6) is 0.784. The van der Waals surface area contributed by atoms with E-state index in [1.165, 1.54) is 12.8 Å². The summed E-state index contributed by atoms with van der Waals surface area (Å²) in [5, 5.41) is 3.86. The van der Waals surface area contributed by atoms with E-state index >= 15 is 0 Å². The van der Waals surface area contributed by atoms with Crippen LogP contribution in [-0.2, 0) is 0 Å². The molecule has 3 aromatic rings. The molecule has 1 saturated carbocycles. The number of benzene rings is 1. The van der Waals surface area contributed by atoms with Gasteiger partial charge in [0.15, 0.2) is 0 Å². The molecule has 1 amide bonds. The monoisotopic (exact) mass is 447 g/mol. The molecule has 164 valence electrons. The first-order chi connectivity index (χ1) is 15.5. The Morgan fingerprint density at radius 1 is 1.22 bits per heavy atom. The second-order valence-corrected chi connectivity index (χ2v) is 9.36. The Bertz CT molecular complexity index is 1130. The highest BCUT2D eigenvalue weighted by molar-refractivity contribution is 6.29. The van der Waals surface area contributed by atoms with Crippen LogP contribution in [0.5, 0.6) is 0 Å². The summed E-state index contributed by atoms with van der Waals surface area (Å²) in [6, 6.07) is 11.6. The van der Waals surface area contributed by atoms with Gasteiger partial charge in [-0.2, -0.15) is 0 Å². The first kappa shape index (κ1) is 20.9. The van der Waals surface area contributed by atoms with Crippen molar-refractivity contribution in [3.8, 4) is 11.3 Å². The molecule has 1 aliphatic carbocycles. The van der Waals surface area contributed by atoms with E-state index in [2.05, 4.69) is 20.3 Å². The number of piperidine rings is 1. The van der Waals surface area contributed by atoms with Gasteiger partial charge in [0.25, 0.3) is 5.91 Å². The molecule has 32 heavy (non-hydrogen) atoms. The van der Waals surface area contributed by atoms with Gasteiger partial charge in [0.1, 0.15) is 11.0 Å². The minimum atomic E-state index is 0.0516. The number of aryl methyl sites for hydroxylation is 1. The van der Waals surface area contributed by atoms with Crippen molar-refractivity contribution in [2.24, 2.45) is 5.41 Å². The van der Waals surface area contributed by atoms with Crippen LogP contribution in [0.15, 0.2) is 55.0 Å². The molecule has 2 fully saturated rings. The van der Waals surface area contributed by atoms with Gasteiger partial charge >= 0.3 is 0 Å². The topological polar surface area (TPSA) is 71.0 Å². The number of hydrogen-bond donors (Lipinski definition) is 1. The van der Waals surface area contributed by atoms with Crippen LogP contribution in [0.25, 0.3) is 11.3 Å². The van der Waals surface area contributed by atoms with Crippen molar-refractivity contribution in [3.05, 3.63) is 71.3 Å². The normalized spacial score (nSPS) is 19.1. The zero-order valence-electron chi connectivity index (χ0n) is 18.1. The number of carbonyl (C=O) groups is 1. The van der Waals surface area contributed by atoms with Gasteiger partial charge in [-0.05, 0) is 56.2 Å². The molecule has 1 atom stereocenters. The van der Waals surface area contributed by atoms with Gasteiger partial charge in [-0.3, -0.25) is 14.8 Å². The van der Waals surface area contributed by atoms with Crippen LogP contribution < -0.4 is 5.32 Å². The van der Waals surface area contributed by atoms with Gasteiger partial charge in [-0.15, -0.1) is 0 Å². The molecule has 5 rings (SSSR count). The number of aromatic nitrogens is 3. The fourth-order valence-corrected chi connectivity index (χ4v) is 4.88. The maximum atomic E-state index is 13.9. The van der Waals surface area contributed by atoms with Crippen molar-refractivity contribution in [2.75, 3.05) is 18.4 Å². The standard InChI is InChI=1S/C25H26ClN5O/c1-17-5-6-19(21-16-27-10-11-28-21)20(13-17)24(32)31-12-9-25(7-8-25)14-18(31)15-29-23-4-2-3-22(26)30-23/h2-6,10-11,13,16,18H,7-9,12,14-15H2,1H3,(H,29,30)/t18-/m0/s1. The van der Waals surface area contributed by atoms with E-state index in [4.69, 9.17) is 11.6 Å². The van der Waals surface area contributed by atoms with Crippen molar-refractivity contribution in [3.63, 3.8) is 0 Å². The van der Waals surface area contributed by atoms with E-state index in [0.29, 0.717) is 28.4 Å². The lowest BCUT2D eigenvalue weighted by molar-refractivity contribution is 0.0546. The molecule has 0 bridgehead atoms. The largest absolute Gasteiger partial charge is 0.368 e. The maximum absolute atomic E-state index is 13.9. The van der Waals surface area contributed by atoms with Gasteiger partial charge in [0.2, 0.25) is 0 Å². The number of halogens is 1. The summed E-state index contributed by atoms with van der Waals surface area (Å²) in [6.07, 6.45) is 9.61. The van der Waals surface area contributed by atoms with Crippen molar-refractivity contribution in [2.45, 2.75) is 38.6 Å². The van der Waals surface area contributed by atoms with Gasteiger partial charge in [-0.1, -0.05) is 35.4 Å². The molecule has 6 nitrogen and oxygen atoms in total. The Morgan fingerprint density at radius 2 is 2.09 bits per heavy atom. The van der Waals surface area contributed by atoms with Gasteiger partial charge < -0.3 is 10.2 Å². The molecule has 1 spiro atoms. The first-order valence-corrected chi connectivity index (χ1v) is 11.5. The molecule has 0 radical (unpaired) electrons. The lowest BCUT2D eigenvalue weighted by Gasteiger charge is -2.40. The second-order valence-electron chi connectivity index (χ2n) is 8.97. The Labute approximate surface area is 193 Å². The van der Waals surface area contributed by atoms with Gasteiger partial charge in [0, 0.05) is 42.7 Å². The van der Waals surface area contributed by atoms with E-state index in [1.807, 2.05) is 42.2 Å². The number of pyridine rings is 1. The van der Waals surface area contributed by atoms with Crippen molar-refractivity contribution >= 4 is 23.3 Å². The molecular formula is C25H26ClN5O. The van der Waals surface area contributed by atoms with Gasteiger partial charge in [0.05, 0.1) is 11.9 Å². The number of carbonyl (C=O) groups excluding carboxylic acids is 1. The predicted octanol–water partition coefficient (Wildman–Crippen LogP) is 5.00. The van der Waals surface area contributed by atoms with Crippen molar-refractivity contribution in [1.29, 1.82) is 0 Å². The van der Waals surface area contributed by atoms with Crippen LogP contribution >= 0.6 is 11.6 Å². The quantitative estimate of drug-likeness (QED) is 0.557. The van der Waals surface area contributed by atoms with E-state index in [-0.39, 0.29) is 11.9 Å². The lowest BCUT2D eigenvalue weighted by atomic mass is 9.87. The number of amides is 1. The summed E-state index contributed by atoms with van der Waals surface area (Å²) in [7, 11) is 0. The van der Waals surface area contributed by atoms with E-state index in [0.717, 1.165) is 36.3 Å². The average molecular weight is 448 g/mol. The van der Waals surface area contributed by atoms with Crippen molar-refractivity contribution in [1.82, 2.24) is 19.9 Å². The Hall–Kier alpha value is -2.99. The molecular weight excluding hydrogens is 422 g/mol. The third-order valence-corrected chi connectivity index (χ3v) is 6.90. The highest BCUT2D eigenvalue weighted by atomic mass is 35.5. The Morgan fingerprint density at radius 3 is 2.84 bits per heavy atom. The number of likely N-dealkylation sites (tertiary alicyclic amines) is 1. The average Bonchev–Trinajstić information content (AvgIpc) is 3.56. The number of hydrogen-bond acceptors (Lipinski definition) is 5. The van der Waals surface area contributed by atoms with E-state index in [9.17, 15) is 4.79 Å². The van der Waals surface area contributed by atoms with Crippen LogP contribution in [0.4, 0.5) is 5.82 Å². The lowest BCUT2D eigenvalue weighted by Crippen LogP contribution is -2.50. The van der Waals surface area contributed by atoms with Crippen LogP contribution in [-0.4, -0.2) is 44.9 Å². The molecule has 7 heteroatoms. The predicted molar refractivity (Wildman–Crippen MR) is 126 cm³/mol. The Balaban J connectivity index is 1.43. The fraction of sp³-hybridized carbons (Fsp3) is 0.360. The third-order valence-electron chi connectivity index (χ3n) is 6.69. The molecule has 1 saturated heterocycles. The maximum Gasteiger partial charge on any atom is 0.254 e. The van der Waals surface area contributed by atoms with Crippen LogP contribution in [0.3, 0.4) is 0 Å². The van der Waals surface area contributed by atoms with E-state index < -0.39 is 0 Å². The summed E-state index contributed by atoms with van der Waals surface area (Å²) >= 11 is 6.04. The minimum absolute atomic E-state index is 0.0516. The van der Waals surface area contributed by atoms with Gasteiger partial charge in [-0.25, -0.2) is 4.98 Å². The van der Waals surface area contributed by atoms with Crippen LogP contribution in [0.2, 0.25) is 5.15 Å². The highest BCUT2D eigenvalue weighted by Crippen LogP contribution is 2.55. The van der Waals surface area contributed by atoms with E-state index in [1.54, 1.807) is 24.7 Å². The smallest absolute Gasteiger partial charge is 0.254 e. The van der Waals surface area contributed by atoms with Crippen molar-refractivity contribution < 1.29 is 4.79 Å². The molecule has 2 aromatic heterocycles. The Kier molecular flexibility index (Phi) is 5.55. The highest BCUT2D eigenvalue weighted by Gasteiger charge is 2.49. The number of nitrogens with one attached hydrogen (secondary N) is 1. The van der Waals surface area contributed by atoms with Crippen LogP contribution in [0.1, 0.15) is 41.6 Å². The SMILES string of the molecule is Cc1ccc(-c2cnccn2)c(C(=O)N2CCC3(CC3)C[C@H]2CNc2cccc(Cl)n2)c1. The number of nitrogens with zero attached hydrogens (tertiary/aromatic N) is 4. The third kappa shape index (κ3) is 4.32. The zero-order valence-corrected chi connectivity index (χ0v) is 18.8. The molecule has 2 aliphatic rings. The number of rotatable bonds is 5. The van der Waals surface area contributed by atoms with Crippen LogP contribution in [0, 0.1) is 12.3 Å². The summed E-state index contributed by atoms with van der Waals surface area (Å²) < 4.78 is 0. The minimum Gasteiger partial charge on any atom is -0.368 e. The molecule has 0 unspecified atom stereocenters. The molecule has 1 aromatic carbocycles. The zero-order chi connectivity index (χ0) is 22.1. The fourth-order valence-electron chi connectivity index (χ4n) is 4.71. The molecule has 1 N–H and O–H groups in total. The summed E-state index contributed by atoms with van der Waals surface area (Å²) in [5.41, 5.74) is 3.68. The second kappa shape index (κ2) is 8.51. The molecule has 1 aliphatic heterocycles. The summed E-state index contributed by atoms with van der Waals surface area (Å²) in [6.45, 7) is 3.42. The molecule has 3 heterocycles. The first-order valence-electron chi connectivity index (χ1n) is 11.1.